The van der Waals surface area contributed by atoms with Gasteiger partial charge in [-0.15, -0.1) is 11.3 Å². The van der Waals surface area contributed by atoms with Crippen LogP contribution >= 0.6 is 27.3 Å². The Hall–Kier alpha value is -0.390. The van der Waals surface area contributed by atoms with Crippen molar-refractivity contribution in [1.82, 2.24) is 4.90 Å². The average molecular weight is 346 g/mol. The van der Waals surface area contributed by atoms with Crippen LogP contribution in [0, 0.1) is 11.8 Å². The molecule has 0 radical (unpaired) electrons. The first-order chi connectivity index (χ1) is 9.04. The molecule has 1 saturated heterocycles. The summed E-state index contributed by atoms with van der Waals surface area (Å²) in [6.07, 6.45) is 2.64. The minimum absolute atomic E-state index is 0.273. The Morgan fingerprint density at radius 3 is 3.05 bits per heavy atom. The molecule has 3 nitrogen and oxygen atoms in total. The van der Waals surface area contributed by atoms with Crippen molar-refractivity contribution in [2.24, 2.45) is 11.8 Å². The third kappa shape index (κ3) is 4.58. The summed E-state index contributed by atoms with van der Waals surface area (Å²) >= 11 is 5.28. The normalized spacial score (nSPS) is 22.3. The van der Waals surface area contributed by atoms with E-state index in [4.69, 9.17) is 5.11 Å². The number of carboxylic acids is 1. The van der Waals surface area contributed by atoms with Crippen molar-refractivity contribution in [3.8, 4) is 0 Å². The molecule has 19 heavy (non-hydrogen) atoms. The molecule has 2 unspecified atom stereocenters. The van der Waals surface area contributed by atoms with Crippen molar-refractivity contribution in [2.75, 3.05) is 13.1 Å². The van der Waals surface area contributed by atoms with E-state index in [-0.39, 0.29) is 5.92 Å². The van der Waals surface area contributed by atoms with Crippen LogP contribution in [0.4, 0.5) is 0 Å². The van der Waals surface area contributed by atoms with Crippen LogP contribution in [0.15, 0.2) is 15.9 Å². The molecule has 2 rings (SSSR count). The molecule has 0 bridgehead atoms. The fourth-order valence-electron chi connectivity index (χ4n) is 2.80. The molecule has 5 heteroatoms. The lowest BCUT2D eigenvalue weighted by molar-refractivity contribution is -0.138. The van der Waals surface area contributed by atoms with Gasteiger partial charge in [0.2, 0.25) is 0 Å². The molecule has 1 aliphatic heterocycles. The molecule has 1 aliphatic rings. The number of piperidine rings is 1. The van der Waals surface area contributed by atoms with Crippen molar-refractivity contribution in [1.29, 1.82) is 0 Å². The van der Waals surface area contributed by atoms with E-state index in [9.17, 15) is 4.79 Å². The maximum atomic E-state index is 10.8. The lowest BCUT2D eigenvalue weighted by Gasteiger charge is -2.35. The second-order valence-electron chi connectivity index (χ2n) is 5.42. The first-order valence-electron chi connectivity index (χ1n) is 6.73. The van der Waals surface area contributed by atoms with Crippen molar-refractivity contribution in [3.05, 3.63) is 20.8 Å². The monoisotopic (exact) mass is 345 g/mol. The maximum absolute atomic E-state index is 10.8. The molecular formula is C14H20BrNO2S. The highest BCUT2D eigenvalue weighted by atomic mass is 79.9. The van der Waals surface area contributed by atoms with E-state index in [0.717, 1.165) is 19.6 Å². The van der Waals surface area contributed by atoms with E-state index < -0.39 is 5.97 Å². The summed E-state index contributed by atoms with van der Waals surface area (Å²) in [4.78, 5) is 14.6. The largest absolute Gasteiger partial charge is 0.481 e. The minimum Gasteiger partial charge on any atom is -0.481 e. The lowest BCUT2D eigenvalue weighted by Crippen LogP contribution is -2.37. The lowest BCUT2D eigenvalue weighted by atomic mass is 9.84. The summed E-state index contributed by atoms with van der Waals surface area (Å²) in [5.74, 6) is 0.121. The van der Waals surface area contributed by atoms with E-state index in [1.807, 2.05) is 0 Å². The molecule has 0 saturated carbocycles. The van der Waals surface area contributed by atoms with Gasteiger partial charge in [0.1, 0.15) is 0 Å². The van der Waals surface area contributed by atoms with Crippen LogP contribution in [0.5, 0.6) is 0 Å². The van der Waals surface area contributed by atoms with Gasteiger partial charge in [-0.25, -0.2) is 0 Å². The van der Waals surface area contributed by atoms with E-state index in [2.05, 4.69) is 39.9 Å². The zero-order valence-corrected chi connectivity index (χ0v) is 13.5. The summed E-state index contributed by atoms with van der Waals surface area (Å²) in [6.45, 7) is 5.23. The zero-order chi connectivity index (χ0) is 13.8. The number of hydrogen-bond donors (Lipinski definition) is 1. The highest BCUT2D eigenvalue weighted by Crippen LogP contribution is 2.29. The Morgan fingerprint density at radius 1 is 1.63 bits per heavy atom. The van der Waals surface area contributed by atoms with Gasteiger partial charge in [-0.3, -0.25) is 9.69 Å². The van der Waals surface area contributed by atoms with Crippen LogP contribution < -0.4 is 0 Å². The Labute approximate surface area is 126 Å². The van der Waals surface area contributed by atoms with Gasteiger partial charge < -0.3 is 5.11 Å². The number of thiophene rings is 1. The number of halogens is 1. The molecule has 0 amide bonds. The summed E-state index contributed by atoms with van der Waals surface area (Å²) in [5.41, 5.74) is 0. The summed E-state index contributed by atoms with van der Waals surface area (Å²) < 4.78 is 1.18. The molecule has 1 aromatic heterocycles. The van der Waals surface area contributed by atoms with Crippen molar-refractivity contribution >= 4 is 33.2 Å². The van der Waals surface area contributed by atoms with Gasteiger partial charge in [-0.2, -0.15) is 0 Å². The van der Waals surface area contributed by atoms with Gasteiger partial charge in [-0.05, 0) is 59.3 Å². The summed E-state index contributed by atoms with van der Waals surface area (Å²) in [7, 11) is 0. The third-order valence-electron chi connectivity index (χ3n) is 3.85. The quantitative estimate of drug-likeness (QED) is 0.881. The van der Waals surface area contributed by atoms with Crippen molar-refractivity contribution in [2.45, 2.75) is 32.7 Å². The van der Waals surface area contributed by atoms with Crippen LogP contribution in [-0.4, -0.2) is 29.1 Å². The van der Waals surface area contributed by atoms with Gasteiger partial charge >= 0.3 is 5.97 Å². The Balaban J connectivity index is 1.88. The third-order valence-corrected chi connectivity index (χ3v) is 5.46. The van der Waals surface area contributed by atoms with Crippen LogP contribution in [0.1, 0.15) is 31.1 Å². The highest BCUT2D eigenvalue weighted by molar-refractivity contribution is 9.11. The van der Waals surface area contributed by atoms with Gasteiger partial charge in [0.15, 0.2) is 0 Å². The SMILES string of the molecule is CC(CC(=O)O)C1CCCN(Cc2ccc(Br)s2)C1. The number of carboxylic acid groups (broad SMARTS) is 1. The van der Waals surface area contributed by atoms with E-state index in [1.54, 1.807) is 11.3 Å². The number of aliphatic carboxylic acids is 1. The predicted octanol–water partition coefficient (Wildman–Crippen LogP) is 3.83. The van der Waals surface area contributed by atoms with Crippen LogP contribution in [-0.2, 0) is 11.3 Å². The molecule has 1 aromatic rings. The van der Waals surface area contributed by atoms with Crippen LogP contribution in [0.25, 0.3) is 0 Å². The van der Waals surface area contributed by atoms with Crippen LogP contribution in [0.3, 0.4) is 0 Å². The summed E-state index contributed by atoms with van der Waals surface area (Å²) in [6, 6.07) is 4.26. The number of carbonyl (C=O) groups is 1. The maximum Gasteiger partial charge on any atom is 0.303 e. The molecule has 0 aromatic carbocycles. The standard InChI is InChI=1S/C14H20BrNO2S/c1-10(7-14(17)18)11-3-2-6-16(8-11)9-12-4-5-13(15)19-12/h4-5,10-11H,2-3,6-9H2,1H3,(H,17,18). The van der Waals surface area contributed by atoms with Gasteiger partial charge in [0.05, 0.1) is 3.79 Å². The molecule has 2 atom stereocenters. The number of rotatable bonds is 5. The Bertz CT molecular complexity index is 435. The van der Waals surface area contributed by atoms with Gasteiger partial charge in [-0.1, -0.05) is 6.92 Å². The highest BCUT2D eigenvalue weighted by Gasteiger charge is 2.26. The van der Waals surface area contributed by atoms with Crippen LogP contribution in [0.2, 0.25) is 0 Å². The number of likely N-dealkylation sites (tertiary alicyclic amines) is 1. The summed E-state index contributed by atoms with van der Waals surface area (Å²) in [5, 5.41) is 8.90. The predicted molar refractivity (Wildman–Crippen MR) is 81.4 cm³/mol. The second-order valence-corrected chi connectivity index (χ2v) is 7.97. The number of hydrogen-bond acceptors (Lipinski definition) is 3. The smallest absolute Gasteiger partial charge is 0.303 e. The first kappa shape index (κ1) is 15.0. The van der Waals surface area contributed by atoms with E-state index in [0.29, 0.717) is 12.3 Å². The molecule has 0 aliphatic carbocycles. The number of nitrogens with zero attached hydrogens (tertiary/aromatic N) is 1. The minimum atomic E-state index is -0.674. The topological polar surface area (TPSA) is 40.5 Å². The molecule has 0 spiro atoms. The first-order valence-corrected chi connectivity index (χ1v) is 8.34. The molecule has 106 valence electrons. The van der Waals surface area contributed by atoms with Crippen molar-refractivity contribution < 1.29 is 9.90 Å². The van der Waals surface area contributed by atoms with E-state index >= 15 is 0 Å². The second kappa shape index (κ2) is 6.86. The average Bonchev–Trinajstić information content (AvgIpc) is 2.74. The molecular weight excluding hydrogens is 326 g/mol. The zero-order valence-electron chi connectivity index (χ0n) is 11.1. The van der Waals surface area contributed by atoms with Gasteiger partial charge in [0, 0.05) is 24.4 Å². The molecule has 2 heterocycles. The molecule has 1 fully saturated rings. The Morgan fingerprint density at radius 2 is 2.42 bits per heavy atom. The fourth-order valence-corrected chi connectivity index (χ4v) is 4.32. The fraction of sp³-hybridized carbons (Fsp3) is 0.643. The van der Waals surface area contributed by atoms with E-state index in [1.165, 1.54) is 21.5 Å². The van der Waals surface area contributed by atoms with Crippen molar-refractivity contribution in [3.63, 3.8) is 0 Å². The Kier molecular flexibility index (Phi) is 5.42. The molecule has 1 N–H and O–H groups in total. The van der Waals surface area contributed by atoms with Gasteiger partial charge in [0.25, 0.3) is 0 Å².